The second-order valence-electron chi connectivity index (χ2n) is 8.32. The molecule has 0 bridgehead atoms. The van der Waals surface area contributed by atoms with Crippen LogP contribution >= 0.6 is 15.9 Å². The van der Waals surface area contributed by atoms with Gasteiger partial charge in [0.2, 0.25) is 0 Å². The lowest BCUT2D eigenvalue weighted by Crippen LogP contribution is -2.34. The molecule has 136 valence electrons. The molecule has 3 heteroatoms. The van der Waals surface area contributed by atoms with Gasteiger partial charge in [-0.25, -0.2) is 4.79 Å². The molecule has 0 amide bonds. The Hall–Kier alpha value is -1.87. The average Bonchev–Trinajstić information content (AvgIpc) is 2.59. The van der Waals surface area contributed by atoms with Crippen LogP contribution in [0, 0.1) is 0 Å². The normalized spacial score (nSPS) is 17.3. The molecule has 0 aromatic heterocycles. The number of ether oxygens (including phenoxy) is 1. The molecule has 2 aromatic carbocycles. The minimum Gasteiger partial charge on any atom is -0.423 e. The molecule has 0 atom stereocenters. The van der Waals surface area contributed by atoms with Gasteiger partial charge in [0.15, 0.2) is 0 Å². The van der Waals surface area contributed by atoms with Gasteiger partial charge in [-0.3, -0.25) is 0 Å². The van der Waals surface area contributed by atoms with Gasteiger partial charge in [0.1, 0.15) is 5.76 Å². The van der Waals surface area contributed by atoms with E-state index in [2.05, 4.69) is 62.3 Å². The van der Waals surface area contributed by atoms with Crippen LogP contribution < -0.4 is 0 Å². The lowest BCUT2D eigenvalue weighted by atomic mass is 9.63. The van der Waals surface area contributed by atoms with Gasteiger partial charge in [0.25, 0.3) is 0 Å². The third kappa shape index (κ3) is 3.50. The second kappa shape index (κ2) is 6.70. The van der Waals surface area contributed by atoms with E-state index in [4.69, 9.17) is 4.74 Å². The number of hydrogen-bond acceptors (Lipinski definition) is 2. The molecule has 0 spiro atoms. The van der Waals surface area contributed by atoms with E-state index in [0.29, 0.717) is 11.3 Å². The molecule has 0 unspecified atom stereocenters. The van der Waals surface area contributed by atoms with Gasteiger partial charge in [-0.2, -0.15) is 0 Å². The van der Waals surface area contributed by atoms with E-state index in [9.17, 15) is 4.79 Å². The Morgan fingerprint density at radius 2 is 1.54 bits per heavy atom. The summed E-state index contributed by atoms with van der Waals surface area (Å²) in [5.41, 5.74) is 4.23. The third-order valence-electron chi connectivity index (χ3n) is 5.47. The first-order chi connectivity index (χ1) is 12.1. The van der Waals surface area contributed by atoms with Crippen molar-refractivity contribution in [2.24, 2.45) is 0 Å². The van der Waals surface area contributed by atoms with Gasteiger partial charge < -0.3 is 4.74 Å². The second-order valence-corrected chi connectivity index (χ2v) is 9.18. The van der Waals surface area contributed by atoms with Crippen LogP contribution in [-0.2, 0) is 15.6 Å². The highest BCUT2D eigenvalue weighted by molar-refractivity contribution is 9.10. The summed E-state index contributed by atoms with van der Waals surface area (Å²) in [4.78, 5) is 12.4. The van der Waals surface area contributed by atoms with Crippen molar-refractivity contribution < 1.29 is 9.53 Å². The molecule has 2 nitrogen and oxygen atoms in total. The maximum absolute atomic E-state index is 12.4. The topological polar surface area (TPSA) is 26.3 Å². The van der Waals surface area contributed by atoms with E-state index >= 15 is 0 Å². The number of halogens is 1. The summed E-state index contributed by atoms with van der Waals surface area (Å²) >= 11 is 3.66. The molecule has 0 N–H and O–H groups in total. The van der Waals surface area contributed by atoms with Crippen LogP contribution in [0.1, 0.15) is 67.6 Å². The van der Waals surface area contributed by atoms with Crippen molar-refractivity contribution in [1.82, 2.24) is 0 Å². The number of carbonyl (C=O) groups excluding carboxylic acids is 1. The Kier molecular flexibility index (Phi) is 4.87. The van der Waals surface area contributed by atoms with Crippen LogP contribution in [0.5, 0.6) is 0 Å². The molecule has 1 aliphatic carbocycles. The summed E-state index contributed by atoms with van der Waals surface area (Å²) in [6.45, 7) is 13.1. The monoisotopic (exact) mass is 412 g/mol. The van der Waals surface area contributed by atoms with E-state index in [-0.39, 0.29) is 16.8 Å². The van der Waals surface area contributed by atoms with Crippen molar-refractivity contribution in [3.63, 3.8) is 0 Å². The molecule has 0 fully saturated rings. The highest BCUT2D eigenvalue weighted by atomic mass is 79.9. The molecule has 0 heterocycles. The molecular weight excluding hydrogens is 388 g/mol. The van der Waals surface area contributed by atoms with Crippen LogP contribution in [0.2, 0.25) is 0 Å². The maximum atomic E-state index is 12.4. The molecule has 0 saturated carbocycles. The minimum absolute atomic E-state index is 0.0873. The standard InChI is InChI=1S/C23H25BrO2/c1-15(26-21(25)16-9-7-6-8-10-16)17-13-18-19(14-20(17)24)23(4,5)12-11-22(18,2)3/h6-10,13-14H,1,11-12H2,2-5H3. The smallest absolute Gasteiger partial charge is 0.343 e. The predicted molar refractivity (Wildman–Crippen MR) is 110 cm³/mol. The zero-order valence-corrected chi connectivity index (χ0v) is 17.4. The third-order valence-corrected chi connectivity index (χ3v) is 6.12. The molecular formula is C23H25BrO2. The summed E-state index contributed by atoms with van der Waals surface area (Å²) in [6, 6.07) is 13.3. The van der Waals surface area contributed by atoms with Crippen molar-refractivity contribution in [3.8, 4) is 0 Å². The van der Waals surface area contributed by atoms with E-state index in [1.54, 1.807) is 12.1 Å². The zero-order valence-electron chi connectivity index (χ0n) is 15.9. The summed E-state index contributed by atoms with van der Waals surface area (Å²) in [5, 5.41) is 0. The molecule has 26 heavy (non-hydrogen) atoms. The lowest BCUT2D eigenvalue weighted by Gasteiger charge is -2.42. The quantitative estimate of drug-likeness (QED) is 0.417. The predicted octanol–water partition coefficient (Wildman–Crippen LogP) is 6.63. The number of hydrogen-bond donors (Lipinski definition) is 0. The number of esters is 1. The Morgan fingerprint density at radius 3 is 2.12 bits per heavy atom. The molecule has 0 saturated heterocycles. The van der Waals surface area contributed by atoms with Crippen molar-refractivity contribution in [1.29, 1.82) is 0 Å². The average molecular weight is 413 g/mol. The van der Waals surface area contributed by atoms with Crippen molar-refractivity contribution in [3.05, 3.63) is 75.8 Å². The molecule has 0 radical (unpaired) electrons. The van der Waals surface area contributed by atoms with Gasteiger partial charge in [0.05, 0.1) is 5.56 Å². The van der Waals surface area contributed by atoms with Crippen LogP contribution in [0.4, 0.5) is 0 Å². The van der Waals surface area contributed by atoms with E-state index < -0.39 is 0 Å². The fourth-order valence-electron chi connectivity index (χ4n) is 3.60. The first kappa shape index (κ1) is 18.9. The van der Waals surface area contributed by atoms with Crippen LogP contribution in [0.3, 0.4) is 0 Å². The summed E-state index contributed by atoms with van der Waals surface area (Å²) < 4.78 is 6.46. The number of carbonyl (C=O) groups is 1. The van der Waals surface area contributed by atoms with Crippen LogP contribution in [0.25, 0.3) is 5.76 Å². The van der Waals surface area contributed by atoms with Crippen molar-refractivity contribution in [2.75, 3.05) is 0 Å². The maximum Gasteiger partial charge on any atom is 0.343 e. The fourth-order valence-corrected chi connectivity index (χ4v) is 4.17. The summed E-state index contributed by atoms with van der Waals surface area (Å²) in [6.07, 6.45) is 2.28. The lowest BCUT2D eigenvalue weighted by molar-refractivity contribution is 0.0692. The highest BCUT2D eigenvalue weighted by Crippen LogP contribution is 2.47. The van der Waals surface area contributed by atoms with Gasteiger partial charge in [-0.05, 0) is 59.1 Å². The molecule has 2 aromatic rings. The minimum atomic E-state index is -0.389. The number of rotatable bonds is 3. The van der Waals surface area contributed by atoms with Gasteiger partial charge in [0, 0.05) is 10.0 Å². The van der Waals surface area contributed by atoms with Gasteiger partial charge >= 0.3 is 5.97 Å². The van der Waals surface area contributed by atoms with Crippen LogP contribution in [-0.4, -0.2) is 5.97 Å². The Bertz CT molecular complexity index is 863. The van der Waals surface area contributed by atoms with Gasteiger partial charge in [-0.15, -0.1) is 0 Å². The van der Waals surface area contributed by atoms with E-state index in [1.165, 1.54) is 11.1 Å². The SMILES string of the molecule is C=C(OC(=O)c1ccccc1)c1cc2c(cc1Br)C(C)(C)CCC2(C)C. The highest BCUT2D eigenvalue weighted by Gasteiger charge is 2.37. The van der Waals surface area contributed by atoms with E-state index in [1.807, 2.05) is 18.2 Å². The Morgan fingerprint density at radius 1 is 1.00 bits per heavy atom. The zero-order chi connectivity index (χ0) is 19.1. The first-order valence-electron chi connectivity index (χ1n) is 8.93. The largest absolute Gasteiger partial charge is 0.423 e. The Balaban J connectivity index is 1.96. The number of fused-ring (bicyclic) bond motifs is 1. The van der Waals surface area contributed by atoms with Crippen LogP contribution in [0.15, 0.2) is 53.5 Å². The van der Waals surface area contributed by atoms with Crippen molar-refractivity contribution in [2.45, 2.75) is 51.4 Å². The number of benzene rings is 2. The van der Waals surface area contributed by atoms with E-state index in [0.717, 1.165) is 22.9 Å². The fraction of sp³-hybridized carbons (Fsp3) is 0.348. The molecule has 1 aliphatic rings. The Labute approximate surface area is 164 Å². The first-order valence-corrected chi connectivity index (χ1v) is 9.72. The molecule has 3 rings (SSSR count). The summed E-state index contributed by atoms with van der Waals surface area (Å²) in [5.74, 6) is -0.0208. The van der Waals surface area contributed by atoms with Crippen molar-refractivity contribution >= 4 is 27.7 Å². The van der Waals surface area contributed by atoms with Gasteiger partial charge in [-0.1, -0.05) is 68.4 Å². The molecule has 0 aliphatic heterocycles. The summed E-state index contributed by atoms with van der Waals surface area (Å²) in [7, 11) is 0.